The number of fused-ring (bicyclic) bond motifs is 2. The number of piperidine rings is 1. The summed E-state index contributed by atoms with van der Waals surface area (Å²) >= 11 is 0. The van der Waals surface area contributed by atoms with Crippen LogP contribution in [0, 0.1) is 5.92 Å². The first kappa shape index (κ1) is 18.8. The maximum absolute atomic E-state index is 5.05. The molecule has 2 aromatic heterocycles. The van der Waals surface area contributed by atoms with E-state index < -0.39 is 0 Å². The van der Waals surface area contributed by atoms with Gasteiger partial charge in [-0.05, 0) is 81.9 Å². The van der Waals surface area contributed by atoms with Gasteiger partial charge in [-0.3, -0.25) is 9.88 Å². The first-order chi connectivity index (χ1) is 14.3. The molecule has 0 amide bonds. The molecule has 3 heterocycles. The lowest BCUT2D eigenvalue weighted by atomic mass is 9.91. The van der Waals surface area contributed by atoms with Crippen LogP contribution in [0.3, 0.4) is 0 Å². The van der Waals surface area contributed by atoms with Crippen LogP contribution in [0.5, 0.6) is 0 Å². The van der Waals surface area contributed by atoms with Crippen LogP contribution in [0.2, 0.25) is 0 Å². The zero-order chi connectivity index (χ0) is 19.6. The second kappa shape index (κ2) is 8.25. The third kappa shape index (κ3) is 3.81. The van der Waals surface area contributed by atoms with Gasteiger partial charge < -0.3 is 9.88 Å². The molecular weight excluding hydrogens is 358 g/mol. The van der Waals surface area contributed by atoms with Crippen LogP contribution in [-0.2, 0) is 19.5 Å². The molecule has 2 atom stereocenters. The molecule has 1 aliphatic carbocycles. The van der Waals surface area contributed by atoms with E-state index in [1.165, 1.54) is 48.3 Å². The van der Waals surface area contributed by atoms with Gasteiger partial charge in [0.15, 0.2) is 0 Å². The summed E-state index contributed by atoms with van der Waals surface area (Å²) < 4.78 is 2.48. The highest BCUT2D eigenvalue weighted by Gasteiger charge is 2.26. The Labute approximate surface area is 173 Å². The maximum Gasteiger partial charge on any atom is 0.124 e. The average molecular weight is 390 g/mol. The Hall–Kier alpha value is -2.24. The second-order valence-corrected chi connectivity index (χ2v) is 8.71. The van der Waals surface area contributed by atoms with Gasteiger partial charge in [0.05, 0.1) is 29.3 Å². The largest absolute Gasteiger partial charge is 0.327 e. The molecule has 5 nitrogen and oxygen atoms in total. The fourth-order valence-corrected chi connectivity index (χ4v) is 5.14. The molecule has 1 fully saturated rings. The third-order valence-corrected chi connectivity index (χ3v) is 6.66. The van der Waals surface area contributed by atoms with Crippen molar-refractivity contribution in [1.82, 2.24) is 24.8 Å². The molecular formula is C24H31N5. The molecule has 5 heteroatoms. The van der Waals surface area contributed by atoms with Crippen LogP contribution < -0.4 is 5.32 Å². The number of pyridine rings is 1. The SMILES string of the molecule is CN(Cc1nc2ccccc2n1C[C@H]1CCCNC1)C1CCCc2cccnc21. The number of nitrogens with one attached hydrogen (secondary N) is 1. The summed E-state index contributed by atoms with van der Waals surface area (Å²) in [5.74, 6) is 1.87. The first-order valence-electron chi connectivity index (χ1n) is 11.1. The zero-order valence-corrected chi connectivity index (χ0v) is 17.3. The molecule has 29 heavy (non-hydrogen) atoms. The van der Waals surface area contributed by atoms with E-state index >= 15 is 0 Å². The van der Waals surface area contributed by atoms with E-state index in [1.54, 1.807) is 0 Å². The Bertz CT molecular complexity index is 972. The van der Waals surface area contributed by atoms with E-state index in [0.29, 0.717) is 12.0 Å². The van der Waals surface area contributed by atoms with Gasteiger partial charge in [-0.2, -0.15) is 0 Å². The monoisotopic (exact) mass is 389 g/mol. The molecule has 1 unspecified atom stereocenters. The Morgan fingerprint density at radius 1 is 1.14 bits per heavy atom. The molecule has 1 aromatic carbocycles. The van der Waals surface area contributed by atoms with Gasteiger partial charge in [-0.15, -0.1) is 0 Å². The van der Waals surface area contributed by atoms with E-state index in [2.05, 4.69) is 58.2 Å². The Balaban J connectivity index is 1.43. The Morgan fingerprint density at radius 2 is 2.07 bits per heavy atom. The summed E-state index contributed by atoms with van der Waals surface area (Å²) in [6.07, 6.45) is 8.08. The fourth-order valence-electron chi connectivity index (χ4n) is 5.14. The molecule has 5 rings (SSSR count). The van der Waals surface area contributed by atoms with E-state index in [0.717, 1.165) is 38.1 Å². The molecule has 0 saturated carbocycles. The predicted molar refractivity (Wildman–Crippen MR) is 117 cm³/mol. The minimum atomic E-state index is 0.379. The standard InChI is InChI=1S/C24H31N5/c1-28(22-12-4-8-19-9-6-14-26-24(19)22)17-23-27-20-10-2-3-11-21(20)29(23)16-18-7-5-13-25-15-18/h2-3,6,9-11,14,18,22,25H,4-5,7-8,12-13,15-17H2,1H3/t18-,22?/m0/s1. The van der Waals surface area contributed by atoms with Crippen molar-refractivity contribution in [1.29, 1.82) is 0 Å². The number of nitrogens with zero attached hydrogens (tertiary/aromatic N) is 4. The van der Waals surface area contributed by atoms with E-state index in [4.69, 9.17) is 9.97 Å². The lowest BCUT2D eigenvalue weighted by Crippen LogP contribution is -2.33. The molecule has 1 N–H and O–H groups in total. The summed E-state index contributed by atoms with van der Waals surface area (Å²) in [5, 5.41) is 3.57. The number of aromatic nitrogens is 3. The lowest BCUT2D eigenvalue weighted by Gasteiger charge is -2.32. The average Bonchev–Trinajstić information content (AvgIpc) is 3.11. The summed E-state index contributed by atoms with van der Waals surface area (Å²) in [7, 11) is 2.24. The van der Waals surface area contributed by atoms with Crippen LogP contribution in [-0.4, -0.2) is 39.6 Å². The van der Waals surface area contributed by atoms with E-state index in [-0.39, 0.29) is 0 Å². The third-order valence-electron chi connectivity index (χ3n) is 6.66. The highest BCUT2D eigenvalue weighted by Crippen LogP contribution is 2.33. The fraction of sp³-hybridized carbons (Fsp3) is 0.500. The Kier molecular flexibility index (Phi) is 5.34. The quantitative estimate of drug-likeness (QED) is 0.718. The van der Waals surface area contributed by atoms with Crippen molar-refractivity contribution in [2.45, 2.75) is 51.2 Å². The summed E-state index contributed by atoms with van der Waals surface area (Å²) in [6.45, 7) is 4.18. The lowest BCUT2D eigenvalue weighted by molar-refractivity contribution is 0.200. The number of hydrogen-bond acceptors (Lipinski definition) is 4. The van der Waals surface area contributed by atoms with Gasteiger partial charge >= 0.3 is 0 Å². The first-order valence-corrected chi connectivity index (χ1v) is 11.1. The van der Waals surface area contributed by atoms with Crippen LogP contribution in [0.15, 0.2) is 42.6 Å². The van der Waals surface area contributed by atoms with Gasteiger partial charge in [0.1, 0.15) is 5.82 Å². The van der Waals surface area contributed by atoms with Crippen LogP contribution >= 0.6 is 0 Å². The molecule has 1 aliphatic heterocycles. The molecule has 0 bridgehead atoms. The van der Waals surface area contributed by atoms with E-state index in [1.807, 2.05) is 6.20 Å². The normalized spacial score (nSPS) is 22.1. The van der Waals surface area contributed by atoms with Crippen LogP contribution in [0.25, 0.3) is 11.0 Å². The predicted octanol–water partition coefficient (Wildman–Crippen LogP) is 3.94. The minimum Gasteiger partial charge on any atom is -0.327 e. The molecule has 152 valence electrons. The molecule has 1 saturated heterocycles. The van der Waals surface area contributed by atoms with Crippen molar-refractivity contribution in [3.8, 4) is 0 Å². The van der Waals surface area contributed by atoms with Gasteiger partial charge in [0, 0.05) is 12.7 Å². The number of hydrogen-bond donors (Lipinski definition) is 1. The number of rotatable bonds is 5. The van der Waals surface area contributed by atoms with Crippen molar-refractivity contribution in [3.05, 3.63) is 59.7 Å². The number of aryl methyl sites for hydroxylation is 1. The van der Waals surface area contributed by atoms with Crippen molar-refractivity contribution in [3.63, 3.8) is 0 Å². The Morgan fingerprint density at radius 3 is 2.97 bits per heavy atom. The number of benzene rings is 1. The summed E-state index contributed by atoms with van der Waals surface area (Å²) in [4.78, 5) is 12.3. The molecule has 0 radical (unpaired) electrons. The molecule has 0 spiro atoms. The van der Waals surface area contributed by atoms with E-state index in [9.17, 15) is 0 Å². The summed E-state index contributed by atoms with van der Waals surface area (Å²) in [6, 6.07) is 13.3. The highest BCUT2D eigenvalue weighted by atomic mass is 15.2. The van der Waals surface area contributed by atoms with Gasteiger partial charge in [0.25, 0.3) is 0 Å². The zero-order valence-electron chi connectivity index (χ0n) is 17.3. The second-order valence-electron chi connectivity index (χ2n) is 8.71. The number of imidazole rings is 1. The number of para-hydroxylation sites is 2. The van der Waals surface area contributed by atoms with Crippen molar-refractivity contribution < 1.29 is 0 Å². The molecule has 3 aromatic rings. The smallest absolute Gasteiger partial charge is 0.124 e. The van der Waals surface area contributed by atoms with Crippen molar-refractivity contribution in [2.75, 3.05) is 20.1 Å². The van der Waals surface area contributed by atoms with Crippen molar-refractivity contribution in [2.24, 2.45) is 5.92 Å². The minimum absolute atomic E-state index is 0.379. The molecule has 2 aliphatic rings. The van der Waals surface area contributed by atoms with Crippen LogP contribution in [0.4, 0.5) is 0 Å². The maximum atomic E-state index is 5.05. The van der Waals surface area contributed by atoms with Gasteiger partial charge in [0.2, 0.25) is 0 Å². The van der Waals surface area contributed by atoms with Gasteiger partial charge in [-0.25, -0.2) is 4.98 Å². The van der Waals surface area contributed by atoms with Gasteiger partial charge in [-0.1, -0.05) is 18.2 Å². The topological polar surface area (TPSA) is 46.0 Å². The highest BCUT2D eigenvalue weighted by molar-refractivity contribution is 5.75. The van der Waals surface area contributed by atoms with Crippen molar-refractivity contribution >= 4 is 11.0 Å². The van der Waals surface area contributed by atoms with Crippen LogP contribution in [0.1, 0.15) is 48.8 Å². The summed E-state index contributed by atoms with van der Waals surface area (Å²) in [5.41, 5.74) is 5.06.